The quantitative estimate of drug-likeness (QED) is 0.719. The maximum absolute atomic E-state index is 13.2. The summed E-state index contributed by atoms with van der Waals surface area (Å²) in [7, 11) is 2.95. The van der Waals surface area contributed by atoms with E-state index >= 15 is 0 Å². The summed E-state index contributed by atoms with van der Waals surface area (Å²) < 4.78 is 7.82. The van der Waals surface area contributed by atoms with E-state index in [1.807, 2.05) is 13.8 Å². The molecule has 0 saturated heterocycles. The highest BCUT2D eigenvalue weighted by Crippen LogP contribution is 2.43. The summed E-state index contributed by atoms with van der Waals surface area (Å²) in [4.78, 5) is 38.7. The minimum absolute atomic E-state index is 0.139. The van der Waals surface area contributed by atoms with Gasteiger partial charge in [0.05, 0.1) is 33.7 Å². The molecular formula is C21H23Cl2N3O4. The number of rotatable bonds is 4. The number of nitrogens with one attached hydrogen (secondary N) is 1. The molecule has 0 spiro atoms. The molecule has 1 unspecified atom stereocenters. The maximum atomic E-state index is 13.2. The predicted octanol–water partition coefficient (Wildman–Crippen LogP) is 3.42. The van der Waals surface area contributed by atoms with Crippen LogP contribution < -0.4 is 16.6 Å². The van der Waals surface area contributed by atoms with Gasteiger partial charge in [-0.3, -0.25) is 13.9 Å². The van der Waals surface area contributed by atoms with Crippen molar-refractivity contribution in [2.24, 2.45) is 20.0 Å². The fraction of sp³-hybridized carbons (Fsp3) is 0.381. The average molecular weight is 452 g/mol. The second-order valence-electron chi connectivity index (χ2n) is 7.70. The third kappa shape index (κ3) is 3.68. The summed E-state index contributed by atoms with van der Waals surface area (Å²) in [6.45, 7) is 5.78. The Morgan fingerprint density at radius 1 is 1.20 bits per heavy atom. The molecule has 1 aliphatic heterocycles. The van der Waals surface area contributed by atoms with Crippen LogP contribution in [0.5, 0.6) is 0 Å². The Hall–Kier alpha value is -2.51. The Morgan fingerprint density at radius 2 is 1.87 bits per heavy atom. The van der Waals surface area contributed by atoms with E-state index in [4.69, 9.17) is 27.9 Å². The minimum Gasteiger partial charge on any atom is -0.462 e. The number of ether oxygens (including phenoxy) is 1. The van der Waals surface area contributed by atoms with E-state index in [1.54, 1.807) is 32.2 Å². The van der Waals surface area contributed by atoms with Gasteiger partial charge in [0.2, 0.25) is 0 Å². The first-order valence-electron chi connectivity index (χ1n) is 9.44. The van der Waals surface area contributed by atoms with Gasteiger partial charge in [-0.1, -0.05) is 49.2 Å². The third-order valence-electron chi connectivity index (χ3n) is 5.05. The molecule has 9 heteroatoms. The van der Waals surface area contributed by atoms with E-state index in [-0.39, 0.29) is 28.7 Å². The van der Waals surface area contributed by atoms with Gasteiger partial charge in [-0.15, -0.1) is 0 Å². The average Bonchev–Trinajstić information content (AvgIpc) is 2.70. The van der Waals surface area contributed by atoms with Gasteiger partial charge in [0, 0.05) is 19.8 Å². The molecule has 30 heavy (non-hydrogen) atoms. The number of carbonyl (C=O) groups excluding carboxylic acids is 1. The van der Waals surface area contributed by atoms with Gasteiger partial charge in [-0.25, -0.2) is 9.59 Å². The number of allylic oxidation sites excluding steroid dienone is 1. The zero-order chi connectivity index (χ0) is 22.3. The second kappa shape index (κ2) is 8.32. The SMILES string of the molecule is CC1=C(C(=O)OCC(C)C)C(c2cccc(Cl)c2Cl)c2c(n(C)c(=O)n(C)c2=O)N1. The smallest absolute Gasteiger partial charge is 0.336 e. The number of hydrogen-bond donors (Lipinski definition) is 1. The van der Waals surface area contributed by atoms with Crippen molar-refractivity contribution in [2.75, 3.05) is 11.9 Å². The van der Waals surface area contributed by atoms with E-state index in [9.17, 15) is 14.4 Å². The molecule has 0 fully saturated rings. The number of fused-ring (bicyclic) bond motifs is 1. The molecule has 1 aliphatic rings. The van der Waals surface area contributed by atoms with Gasteiger partial charge in [0.1, 0.15) is 5.82 Å². The lowest BCUT2D eigenvalue weighted by atomic mass is 9.82. The Kier molecular flexibility index (Phi) is 6.15. The van der Waals surface area contributed by atoms with Crippen molar-refractivity contribution in [2.45, 2.75) is 26.7 Å². The molecule has 1 atom stereocenters. The van der Waals surface area contributed by atoms with Crippen molar-refractivity contribution in [1.29, 1.82) is 0 Å². The molecule has 2 heterocycles. The Bertz CT molecular complexity index is 1180. The van der Waals surface area contributed by atoms with Crippen molar-refractivity contribution in [1.82, 2.24) is 9.13 Å². The fourth-order valence-electron chi connectivity index (χ4n) is 3.53. The predicted molar refractivity (Wildman–Crippen MR) is 117 cm³/mol. The monoisotopic (exact) mass is 451 g/mol. The first-order valence-corrected chi connectivity index (χ1v) is 10.2. The number of carbonyl (C=O) groups is 1. The molecule has 1 aromatic carbocycles. The number of esters is 1. The lowest BCUT2D eigenvalue weighted by molar-refractivity contribution is -0.140. The standard InChI is InChI=1S/C21H23Cl2N3O4/c1-10(2)9-30-20(28)14-11(3)24-18-16(19(27)26(5)21(29)25(18)4)15(14)12-7-6-8-13(22)17(12)23/h6-8,10,15,24H,9H2,1-5H3. The van der Waals surface area contributed by atoms with Crippen LogP contribution in [0.25, 0.3) is 0 Å². The highest BCUT2D eigenvalue weighted by Gasteiger charge is 2.38. The van der Waals surface area contributed by atoms with Crippen molar-refractivity contribution < 1.29 is 9.53 Å². The molecule has 1 N–H and O–H groups in total. The van der Waals surface area contributed by atoms with Crippen LogP contribution in [-0.4, -0.2) is 21.7 Å². The van der Waals surface area contributed by atoms with E-state index in [1.165, 1.54) is 11.6 Å². The number of anilines is 1. The molecule has 0 bridgehead atoms. The first-order chi connectivity index (χ1) is 14.1. The zero-order valence-electron chi connectivity index (χ0n) is 17.4. The molecule has 0 radical (unpaired) electrons. The number of halogens is 2. The summed E-state index contributed by atoms with van der Waals surface area (Å²) in [5.74, 6) is -0.962. The molecule has 0 amide bonds. The van der Waals surface area contributed by atoms with Gasteiger partial charge in [0.25, 0.3) is 5.56 Å². The number of benzene rings is 1. The molecule has 3 rings (SSSR count). The van der Waals surface area contributed by atoms with Gasteiger partial charge in [-0.2, -0.15) is 0 Å². The third-order valence-corrected chi connectivity index (χ3v) is 5.88. The highest BCUT2D eigenvalue weighted by atomic mass is 35.5. The molecule has 7 nitrogen and oxygen atoms in total. The van der Waals surface area contributed by atoms with Crippen LogP contribution in [0.2, 0.25) is 10.0 Å². The Labute approximate surface area is 183 Å². The van der Waals surface area contributed by atoms with Crippen LogP contribution in [0.3, 0.4) is 0 Å². The molecule has 160 valence electrons. The van der Waals surface area contributed by atoms with Gasteiger partial charge in [-0.05, 0) is 24.5 Å². The topological polar surface area (TPSA) is 82.3 Å². The number of hydrogen-bond acceptors (Lipinski definition) is 5. The maximum Gasteiger partial charge on any atom is 0.336 e. The van der Waals surface area contributed by atoms with Crippen LogP contribution in [0.4, 0.5) is 5.82 Å². The number of nitrogens with zero attached hydrogens (tertiary/aromatic N) is 2. The van der Waals surface area contributed by atoms with Crippen molar-refractivity contribution in [3.8, 4) is 0 Å². The van der Waals surface area contributed by atoms with Gasteiger partial charge >= 0.3 is 11.7 Å². The van der Waals surface area contributed by atoms with E-state index < -0.39 is 23.1 Å². The van der Waals surface area contributed by atoms with Crippen LogP contribution in [0.15, 0.2) is 39.1 Å². The minimum atomic E-state index is -0.849. The van der Waals surface area contributed by atoms with Gasteiger partial charge in [0.15, 0.2) is 0 Å². The van der Waals surface area contributed by atoms with E-state index in [0.29, 0.717) is 22.1 Å². The van der Waals surface area contributed by atoms with E-state index in [2.05, 4.69) is 5.32 Å². The lowest BCUT2D eigenvalue weighted by Gasteiger charge is -2.31. The lowest BCUT2D eigenvalue weighted by Crippen LogP contribution is -2.43. The van der Waals surface area contributed by atoms with Crippen LogP contribution >= 0.6 is 23.2 Å². The van der Waals surface area contributed by atoms with Crippen LogP contribution in [-0.2, 0) is 23.6 Å². The molecule has 1 aromatic heterocycles. The Balaban J connectivity index is 2.35. The first kappa shape index (κ1) is 22.2. The van der Waals surface area contributed by atoms with Crippen molar-refractivity contribution >= 4 is 35.0 Å². The van der Waals surface area contributed by atoms with Crippen molar-refractivity contribution in [3.05, 3.63) is 71.5 Å². The highest BCUT2D eigenvalue weighted by molar-refractivity contribution is 6.42. The normalized spacial score (nSPS) is 15.8. The summed E-state index contributed by atoms with van der Waals surface area (Å²) in [5.41, 5.74) is 0.428. The molecule has 2 aromatic rings. The fourth-order valence-corrected chi connectivity index (χ4v) is 3.95. The largest absolute Gasteiger partial charge is 0.462 e. The summed E-state index contributed by atoms with van der Waals surface area (Å²) in [6.07, 6.45) is 0. The molecule has 0 aliphatic carbocycles. The van der Waals surface area contributed by atoms with Crippen molar-refractivity contribution in [3.63, 3.8) is 0 Å². The molecular weight excluding hydrogens is 429 g/mol. The van der Waals surface area contributed by atoms with E-state index in [0.717, 1.165) is 4.57 Å². The second-order valence-corrected chi connectivity index (χ2v) is 8.49. The van der Waals surface area contributed by atoms with Crippen LogP contribution in [0.1, 0.15) is 37.8 Å². The summed E-state index contributed by atoms with van der Waals surface area (Å²) in [6, 6.07) is 5.03. The number of aromatic nitrogens is 2. The molecule has 0 saturated carbocycles. The summed E-state index contributed by atoms with van der Waals surface area (Å²) >= 11 is 12.7. The van der Waals surface area contributed by atoms with Gasteiger partial charge < -0.3 is 10.1 Å². The van der Waals surface area contributed by atoms with Crippen LogP contribution in [0, 0.1) is 5.92 Å². The Morgan fingerprint density at radius 3 is 2.50 bits per heavy atom. The zero-order valence-corrected chi connectivity index (χ0v) is 18.9. The summed E-state index contributed by atoms with van der Waals surface area (Å²) in [5, 5.41) is 3.57.